The van der Waals surface area contributed by atoms with Gasteiger partial charge in [-0.3, -0.25) is 4.79 Å². The number of fused-ring (bicyclic) bond motifs is 1. The first kappa shape index (κ1) is 22.4. The van der Waals surface area contributed by atoms with Crippen LogP contribution in [0.1, 0.15) is 49.3 Å². The van der Waals surface area contributed by atoms with E-state index in [0.29, 0.717) is 6.54 Å². The Labute approximate surface area is 187 Å². The third-order valence-corrected chi connectivity index (χ3v) is 6.28. The van der Waals surface area contributed by atoms with Gasteiger partial charge in [0.1, 0.15) is 17.6 Å². The summed E-state index contributed by atoms with van der Waals surface area (Å²) in [6, 6.07) is 10.7. The number of aliphatic hydroxyl groups excluding tert-OH is 1. The van der Waals surface area contributed by atoms with Gasteiger partial charge >= 0.3 is 0 Å². The molecule has 6 nitrogen and oxygen atoms in total. The van der Waals surface area contributed by atoms with Crippen LogP contribution in [-0.4, -0.2) is 37.4 Å². The zero-order chi connectivity index (χ0) is 22.5. The molecule has 1 aliphatic heterocycles. The van der Waals surface area contributed by atoms with Crippen molar-refractivity contribution in [2.45, 2.75) is 50.7 Å². The molecule has 2 aliphatic rings. The maximum atomic E-state index is 14.1. The van der Waals surface area contributed by atoms with Gasteiger partial charge in [-0.15, -0.1) is 0 Å². The highest BCUT2D eigenvalue weighted by atomic mass is 19.1. The van der Waals surface area contributed by atoms with Gasteiger partial charge in [-0.05, 0) is 68.4 Å². The average molecular weight is 444 g/mol. The molecule has 1 saturated carbocycles. The summed E-state index contributed by atoms with van der Waals surface area (Å²) in [7, 11) is 1.47. The fourth-order valence-corrected chi connectivity index (χ4v) is 4.61. The summed E-state index contributed by atoms with van der Waals surface area (Å²) in [6.45, 7) is 0.266. The van der Waals surface area contributed by atoms with Crippen molar-refractivity contribution >= 4 is 5.91 Å². The first-order valence-electron chi connectivity index (χ1n) is 11.3. The van der Waals surface area contributed by atoms with Crippen molar-refractivity contribution < 1.29 is 28.5 Å². The molecule has 1 aliphatic carbocycles. The van der Waals surface area contributed by atoms with Gasteiger partial charge in [-0.2, -0.15) is 0 Å². The third kappa shape index (κ3) is 4.99. The SMILES string of the molecule is COc1c(F)cccc1C1CCc2cc(OC3CCC(C(=O)NCCO)CC3)ccc2O1. The molecule has 172 valence electrons. The van der Waals surface area contributed by atoms with Crippen LogP contribution < -0.4 is 19.5 Å². The summed E-state index contributed by atoms with van der Waals surface area (Å²) in [6.07, 6.45) is 4.58. The summed E-state index contributed by atoms with van der Waals surface area (Å²) < 4.78 is 31.7. The number of carbonyl (C=O) groups excluding carboxylic acids is 1. The lowest BCUT2D eigenvalue weighted by atomic mass is 9.86. The first-order chi connectivity index (χ1) is 15.6. The second-order valence-electron chi connectivity index (χ2n) is 8.38. The van der Waals surface area contributed by atoms with Crippen LogP contribution in [-0.2, 0) is 11.2 Å². The summed E-state index contributed by atoms with van der Waals surface area (Å²) in [5.41, 5.74) is 1.80. The number of halogens is 1. The minimum absolute atomic E-state index is 0.00455. The Hall–Kier alpha value is -2.80. The number of hydrogen-bond acceptors (Lipinski definition) is 5. The topological polar surface area (TPSA) is 77.0 Å². The van der Waals surface area contributed by atoms with Crippen molar-refractivity contribution in [2.75, 3.05) is 20.3 Å². The van der Waals surface area contributed by atoms with Crippen LogP contribution in [0.5, 0.6) is 17.2 Å². The van der Waals surface area contributed by atoms with Crippen LogP contribution in [0, 0.1) is 11.7 Å². The van der Waals surface area contributed by atoms with Gasteiger partial charge in [0, 0.05) is 18.0 Å². The molecule has 2 aromatic carbocycles. The molecule has 7 heteroatoms. The van der Waals surface area contributed by atoms with Gasteiger partial charge in [0.25, 0.3) is 0 Å². The predicted octanol–water partition coefficient (Wildman–Crippen LogP) is 3.95. The van der Waals surface area contributed by atoms with E-state index in [0.717, 1.165) is 61.2 Å². The Bertz CT molecular complexity index is 942. The molecule has 1 heterocycles. The van der Waals surface area contributed by atoms with Gasteiger partial charge in [0.05, 0.1) is 19.8 Å². The Morgan fingerprint density at radius 1 is 1.19 bits per heavy atom. The van der Waals surface area contributed by atoms with E-state index in [1.165, 1.54) is 13.2 Å². The van der Waals surface area contributed by atoms with Crippen LogP contribution in [0.4, 0.5) is 4.39 Å². The molecule has 0 spiro atoms. The van der Waals surface area contributed by atoms with Crippen LogP contribution in [0.2, 0.25) is 0 Å². The number of ether oxygens (including phenoxy) is 3. The second kappa shape index (κ2) is 10.2. The van der Waals surface area contributed by atoms with E-state index in [1.54, 1.807) is 6.07 Å². The summed E-state index contributed by atoms with van der Waals surface area (Å²) in [5.74, 6) is 1.46. The molecule has 2 aromatic rings. The standard InChI is InChI=1S/C25H30FNO5/c1-30-24-20(3-2-4-21(24)26)23-11-7-17-15-19(10-12-22(17)32-23)31-18-8-5-16(6-9-18)25(29)27-13-14-28/h2-4,10,12,15-16,18,23,28H,5-9,11,13-14H2,1H3,(H,27,29). The van der Waals surface area contributed by atoms with Crippen LogP contribution in [0.25, 0.3) is 0 Å². The van der Waals surface area contributed by atoms with E-state index in [4.69, 9.17) is 19.3 Å². The highest BCUT2D eigenvalue weighted by molar-refractivity contribution is 5.78. The van der Waals surface area contributed by atoms with Crippen molar-refractivity contribution in [1.29, 1.82) is 0 Å². The molecule has 0 saturated heterocycles. The summed E-state index contributed by atoms with van der Waals surface area (Å²) >= 11 is 0. The van der Waals surface area contributed by atoms with E-state index in [2.05, 4.69) is 5.32 Å². The quantitative estimate of drug-likeness (QED) is 0.678. The molecule has 0 bridgehead atoms. The fourth-order valence-electron chi connectivity index (χ4n) is 4.61. The number of amides is 1. The molecule has 1 fully saturated rings. The number of para-hydroxylation sites is 1. The van der Waals surface area contributed by atoms with Crippen LogP contribution in [0.15, 0.2) is 36.4 Å². The number of aryl methyl sites for hydroxylation is 1. The van der Waals surface area contributed by atoms with Gasteiger partial charge in [-0.1, -0.05) is 12.1 Å². The minimum atomic E-state index is -0.385. The largest absolute Gasteiger partial charge is 0.493 e. The van der Waals surface area contributed by atoms with Gasteiger partial charge in [0.15, 0.2) is 11.6 Å². The molecule has 4 rings (SSSR count). The Balaban J connectivity index is 1.35. The Morgan fingerprint density at radius 2 is 2.00 bits per heavy atom. The first-order valence-corrected chi connectivity index (χ1v) is 11.3. The molecule has 0 aromatic heterocycles. The van der Waals surface area contributed by atoms with Gasteiger partial charge < -0.3 is 24.6 Å². The average Bonchev–Trinajstić information content (AvgIpc) is 2.82. The fraction of sp³-hybridized carbons (Fsp3) is 0.480. The van der Waals surface area contributed by atoms with Gasteiger partial charge in [0.2, 0.25) is 5.91 Å². The predicted molar refractivity (Wildman–Crippen MR) is 118 cm³/mol. The summed E-state index contributed by atoms with van der Waals surface area (Å²) in [4.78, 5) is 12.1. The number of methoxy groups -OCH3 is 1. The van der Waals surface area contributed by atoms with Crippen molar-refractivity contribution in [2.24, 2.45) is 5.92 Å². The summed E-state index contributed by atoms with van der Waals surface area (Å²) in [5, 5.41) is 11.6. The maximum absolute atomic E-state index is 14.1. The van der Waals surface area contributed by atoms with E-state index in [1.807, 2.05) is 24.3 Å². The highest BCUT2D eigenvalue weighted by Gasteiger charge is 2.28. The van der Waals surface area contributed by atoms with E-state index >= 15 is 0 Å². The number of carbonyl (C=O) groups is 1. The number of nitrogens with one attached hydrogen (secondary N) is 1. The number of benzene rings is 2. The lowest BCUT2D eigenvalue weighted by Gasteiger charge is -2.30. The number of aliphatic hydroxyl groups is 1. The Kier molecular flexibility index (Phi) is 7.15. The van der Waals surface area contributed by atoms with Crippen LogP contribution >= 0.6 is 0 Å². The molecule has 1 amide bonds. The van der Waals surface area contributed by atoms with E-state index < -0.39 is 0 Å². The third-order valence-electron chi connectivity index (χ3n) is 6.28. The normalized spacial score (nSPS) is 22.4. The zero-order valence-electron chi connectivity index (χ0n) is 18.3. The van der Waals surface area contributed by atoms with Crippen LogP contribution in [0.3, 0.4) is 0 Å². The van der Waals surface area contributed by atoms with Crippen molar-refractivity contribution in [1.82, 2.24) is 5.32 Å². The Morgan fingerprint density at radius 3 is 2.75 bits per heavy atom. The molecule has 32 heavy (non-hydrogen) atoms. The lowest BCUT2D eigenvalue weighted by molar-refractivity contribution is -0.126. The smallest absolute Gasteiger partial charge is 0.223 e. The number of rotatable bonds is 7. The molecule has 0 radical (unpaired) electrons. The zero-order valence-corrected chi connectivity index (χ0v) is 18.3. The molecule has 2 N–H and O–H groups in total. The van der Waals surface area contributed by atoms with Crippen molar-refractivity contribution in [3.05, 3.63) is 53.3 Å². The molecular formula is C25H30FNO5. The maximum Gasteiger partial charge on any atom is 0.223 e. The second-order valence-corrected chi connectivity index (χ2v) is 8.38. The molecule has 1 atom stereocenters. The minimum Gasteiger partial charge on any atom is -0.493 e. The van der Waals surface area contributed by atoms with Gasteiger partial charge in [-0.25, -0.2) is 4.39 Å². The highest BCUT2D eigenvalue weighted by Crippen LogP contribution is 2.40. The lowest BCUT2D eigenvalue weighted by Crippen LogP contribution is -2.36. The monoisotopic (exact) mass is 443 g/mol. The van der Waals surface area contributed by atoms with Crippen molar-refractivity contribution in [3.63, 3.8) is 0 Å². The van der Waals surface area contributed by atoms with E-state index in [9.17, 15) is 9.18 Å². The molecular weight excluding hydrogens is 413 g/mol. The number of hydrogen-bond donors (Lipinski definition) is 2. The van der Waals surface area contributed by atoms with Crippen molar-refractivity contribution in [3.8, 4) is 17.2 Å². The van der Waals surface area contributed by atoms with E-state index in [-0.39, 0.29) is 42.2 Å². The molecule has 1 unspecified atom stereocenters.